The van der Waals surface area contributed by atoms with E-state index in [0.717, 1.165) is 47.0 Å². The lowest BCUT2D eigenvalue weighted by Gasteiger charge is -2.41. The number of nitrogens with one attached hydrogen (secondary N) is 3. The van der Waals surface area contributed by atoms with Gasteiger partial charge in [0.15, 0.2) is 32.1 Å². The first-order chi connectivity index (χ1) is 24.8. The van der Waals surface area contributed by atoms with Gasteiger partial charge in [-0.15, -0.1) is 34.9 Å². The number of carboxylic acid groups (broad SMARTS) is 2. The number of hydrogen-bond donors (Lipinski definition) is 9. The van der Waals surface area contributed by atoms with E-state index < -0.39 is 90.8 Å². The number of phenols is 2. The van der Waals surface area contributed by atoms with Crippen LogP contribution in [0.3, 0.4) is 0 Å². The summed E-state index contributed by atoms with van der Waals surface area (Å²) < 4.78 is 3.81. The minimum absolute atomic E-state index is 0.0343. The molecule has 2 aromatic rings. The molecule has 21 nitrogen and oxygen atoms in total. The van der Waals surface area contributed by atoms with Gasteiger partial charge in [0.05, 0.1) is 17.7 Å². The number of carbonyl (C=O) groups excluding carboxylic acids is 4. The molecule has 11 N–H and O–H groups in total. The number of phenolic OH excluding ortho intramolecular Hbond substituents is 2. The Kier molecular flexibility index (Phi) is 12.5. The van der Waals surface area contributed by atoms with Crippen LogP contribution in [-0.4, -0.2) is 131 Å². The Morgan fingerprint density at radius 3 is 2.49 bits per heavy atom. The molecule has 5 amide bonds. The van der Waals surface area contributed by atoms with Crippen molar-refractivity contribution in [2.24, 2.45) is 16.0 Å². The Balaban J connectivity index is 1.44. The van der Waals surface area contributed by atoms with Crippen molar-refractivity contribution in [3.8, 4) is 11.5 Å². The summed E-state index contributed by atoms with van der Waals surface area (Å²) in [6, 6.07) is -0.120. The number of oxime groups is 1. The van der Waals surface area contributed by atoms with E-state index in [9.17, 15) is 49.2 Å². The lowest BCUT2D eigenvalue weighted by molar-refractivity contribution is -0.161. The van der Waals surface area contributed by atoms with Gasteiger partial charge in [0.2, 0.25) is 11.5 Å². The number of benzene rings is 1. The Morgan fingerprint density at radius 2 is 1.91 bits per heavy atom. The van der Waals surface area contributed by atoms with Gasteiger partial charge in [-0.1, -0.05) is 16.8 Å². The van der Waals surface area contributed by atoms with Crippen LogP contribution in [0.2, 0.25) is 5.02 Å². The Bertz CT molecular complexity index is 1890. The molecule has 0 radical (unpaired) electrons. The second-order valence-electron chi connectivity index (χ2n) is 11.5. The minimum atomic E-state index is -1.83. The number of carbonyl (C=O) groups is 6. The summed E-state index contributed by atoms with van der Waals surface area (Å²) in [5.41, 5.74) is 9.63. The normalized spacial score (nSPS) is 20.5. The number of aliphatic carboxylic acids is 2. The molecule has 2 fully saturated rings. The van der Waals surface area contributed by atoms with E-state index in [4.69, 9.17) is 32.6 Å². The monoisotopic (exact) mass is 817 g/mol. The standard InChI is InChI=1S/C28H32ClN9O12S3/c1-27(2,23(44)45)50-37-16(12-8-51-26(31)33-12)20(42)34-17-21(43)38-9-28(24(46)47,53-22(17)38)52-7-10(49-3)6-32-19(41)15(35-36-25(30)48)11-4-5-13(39)18(40)14(11)29/h4-5,8,10,17,22,39-40H,6-7,9H2,1-3H3,(H2,31,33)(H,32,41)(H,34,42)(H,44,45)(H,46,47)(H3,30,36,48)/b35-15+,37-16-/t10-,17?,22+,28+/m0/s1. The summed E-state index contributed by atoms with van der Waals surface area (Å²) in [4.78, 5) is 85.4. The van der Waals surface area contributed by atoms with Crippen LogP contribution in [0.5, 0.6) is 11.5 Å². The first-order valence-corrected chi connectivity index (χ1v) is 18.0. The van der Waals surface area contributed by atoms with Crippen molar-refractivity contribution in [1.29, 1.82) is 0 Å². The smallest absolute Gasteiger partial charge is 0.350 e. The molecule has 25 heteroatoms. The van der Waals surface area contributed by atoms with Gasteiger partial charge in [0, 0.05) is 30.4 Å². The fourth-order valence-corrected chi connectivity index (χ4v) is 8.45. The number of aromatic nitrogens is 1. The van der Waals surface area contributed by atoms with Gasteiger partial charge in [-0.2, -0.15) is 5.10 Å². The van der Waals surface area contributed by atoms with E-state index in [1.54, 1.807) is 0 Å². The Hall–Kier alpha value is -5.04. The van der Waals surface area contributed by atoms with Crippen molar-refractivity contribution < 1.29 is 58.8 Å². The number of hydrazone groups is 1. The molecule has 53 heavy (non-hydrogen) atoms. The molecule has 3 heterocycles. The molecule has 0 bridgehead atoms. The number of fused-ring (bicyclic) bond motifs is 1. The number of anilines is 1. The second kappa shape index (κ2) is 16.3. The van der Waals surface area contributed by atoms with Gasteiger partial charge in [0.1, 0.15) is 17.1 Å². The van der Waals surface area contributed by atoms with Crippen LogP contribution in [0, 0.1) is 0 Å². The predicted octanol–water partition coefficient (Wildman–Crippen LogP) is -0.508. The zero-order valence-electron chi connectivity index (χ0n) is 27.7. The lowest BCUT2D eigenvalue weighted by atomic mass is 10.1. The molecular weight excluding hydrogens is 786 g/mol. The average molecular weight is 818 g/mol. The quantitative estimate of drug-likeness (QED) is 0.0446. The number of hydrogen-bond acceptors (Lipinski definition) is 17. The first-order valence-electron chi connectivity index (χ1n) is 14.8. The predicted molar refractivity (Wildman–Crippen MR) is 192 cm³/mol. The number of thiazole rings is 1. The summed E-state index contributed by atoms with van der Waals surface area (Å²) in [5, 5.41) is 51.9. The number of thioether (sulfide) groups is 2. The van der Waals surface area contributed by atoms with Gasteiger partial charge in [0.25, 0.3) is 11.8 Å². The van der Waals surface area contributed by atoms with Crippen molar-refractivity contribution in [3.63, 3.8) is 0 Å². The molecule has 1 unspecified atom stereocenters. The van der Waals surface area contributed by atoms with Gasteiger partial charge in [-0.05, 0) is 26.0 Å². The number of nitrogens with two attached hydrogens (primary N) is 2. The number of ether oxygens (including phenoxy) is 1. The maximum absolute atomic E-state index is 13.4. The van der Waals surface area contributed by atoms with Gasteiger partial charge < -0.3 is 57.0 Å². The number of primary amides is 1. The van der Waals surface area contributed by atoms with Gasteiger partial charge in [-0.25, -0.2) is 24.8 Å². The fourth-order valence-electron chi connectivity index (χ4n) is 4.49. The van der Waals surface area contributed by atoms with Crippen LogP contribution in [0.15, 0.2) is 27.8 Å². The Labute approximate surface area is 316 Å². The zero-order valence-corrected chi connectivity index (χ0v) is 30.9. The molecule has 2 saturated heterocycles. The maximum atomic E-state index is 13.4. The van der Waals surface area contributed by atoms with E-state index in [1.165, 1.54) is 31.2 Å². The zero-order chi connectivity index (χ0) is 39.4. The van der Waals surface area contributed by atoms with Crippen LogP contribution in [0.25, 0.3) is 0 Å². The van der Waals surface area contributed by atoms with E-state index >= 15 is 0 Å². The highest BCUT2D eigenvalue weighted by Crippen LogP contribution is 2.52. The topological polar surface area (TPSA) is 331 Å². The highest BCUT2D eigenvalue weighted by atomic mass is 35.5. The summed E-state index contributed by atoms with van der Waals surface area (Å²) in [6.07, 6.45) is -0.825. The van der Waals surface area contributed by atoms with Crippen molar-refractivity contribution in [2.75, 3.05) is 31.7 Å². The van der Waals surface area contributed by atoms with Crippen LogP contribution in [0.1, 0.15) is 25.1 Å². The lowest BCUT2D eigenvalue weighted by Crippen LogP contribution is -2.68. The van der Waals surface area contributed by atoms with Crippen LogP contribution in [-0.2, 0) is 33.5 Å². The van der Waals surface area contributed by atoms with Gasteiger partial charge >= 0.3 is 18.0 Å². The number of nitrogens with zero attached hydrogens (tertiary/aromatic N) is 4. The van der Waals surface area contributed by atoms with E-state index in [0.29, 0.717) is 0 Å². The summed E-state index contributed by atoms with van der Waals surface area (Å²) in [5.74, 6) is -6.48. The summed E-state index contributed by atoms with van der Waals surface area (Å²) in [6.45, 7) is 1.92. The number of rotatable bonds is 16. The molecule has 4 atom stereocenters. The molecule has 4 rings (SSSR count). The number of urea groups is 1. The van der Waals surface area contributed by atoms with E-state index in [-0.39, 0.29) is 35.2 Å². The fraction of sp³-hybridized carbons (Fsp3) is 0.393. The average Bonchev–Trinajstić information content (AvgIpc) is 3.69. The molecule has 286 valence electrons. The Morgan fingerprint density at radius 1 is 1.21 bits per heavy atom. The first kappa shape index (κ1) is 40.7. The maximum Gasteiger partial charge on any atom is 0.350 e. The number of aromatic hydroxyl groups is 2. The molecule has 0 spiro atoms. The molecule has 2 aliphatic rings. The number of carboxylic acids is 2. The number of methoxy groups -OCH3 is 1. The van der Waals surface area contributed by atoms with Crippen LogP contribution >= 0.6 is 46.5 Å². The van der Waals surface area contributed by atoms with Crippen LogP contribution < -0.4 is 27.5 Å². The number of nitrogen functional groups attached to an aromatic ring is 1. The largest absolute Gasteiger partial charge is 0.504 e. The van der Waals surface area contributed by atoms with E-state index in [2.05, 4.69) is 25.9 Å². The number of β-lactam (4-membered cyclic amide) rings is 1. The van der Waals surface area contributed by atoms with Crippen LogP contribution in [0.4, 0.5) is 9.93 Å². The van der Waals surface area contributed by atoms with Crippen molar-refractivity contribution in [1.82, 2.24) is 25.9 Å². The summed E-state index contributed by atoms with van der Waals surface area (Å²) in [7, 11) is 1.31. The molecule has 2 aliphatic heterocycles. The highest BCUT2D eigenvalue weighted by molar-refractivity contribution is 8.20. The van der Waals surface area contributed by atoms with Crippen molar-refractivity contribution >= 4 is 98.7 Å². The third-order valence-electron chi connectivity index (χ3n) is 7.47. The molecular formula is C28H32ClN9O12S3. The SMILES string of the molecule is CO[C@@H](CNC(=O)/C(=N/NC(N)=O)c1ccc(O)c(O)c1Cl)CS[C@]1(C(=O)O)CN2C(=O)C(NC(=O)/C(=N\OC(C)(C)C(=O)O)c3csc(N)n3)[C@H]2S1. The van der Waals surface area contributed by atoms with E-state index in [1.807, 2.05) is 5.43 Å². The number of amides is 5. The molecule has 0 saturated carbocycles. The second-order valence-corrected chi connectivity index (χ2v) is 15.8. The van der Waals surface area contributed by atoms with Crippen molar-refractivity contribution in [3.05, 3.63) is 33.8 Å². The van der Waals surface area contributed by atoms with Gasteiger partial charge in [-0.3, -0.25) is 14.4 Å². The molecule has 1 aromatic carbocycles. The van der Waals surface area contributed by atoms with Crippen molar-refractivity contribution in [2.45, 2.75) is 41.0 Å². The number of halogens is 1. The third-order valence-corrected chi connectivity index (χ3v) is 11.9. The summed E-state index contributed by atoms with van der Waals surface area (Å²) >= 11 is 8.86. The molecule has 1 aromatic heterocycles. The third kappa shape index (κ3) is 8.95. The minimum Gasteiger partial charge on any atom is -0.504 e. The molecule has 0 aliphatic carbocycles. The highest BCUT2D eigenvalue weighted by Gasteiger charge is 2.63.